The molecular weight excluding hydrogens is 190 g/mol. The lowest BCUT2D eigenvalue weighted by Crippen LogP contribution is -2.24. The monoisotopic (exact) mass is 215 g/mol. The van der Waals surface area contributed by atoms with Gasteiger partial charge in [-0.15, -0.1) is 0 Å². The molecule has 3 nitrogen and oxygen atoms in total. The highest BCUT2D eigenvalue weighted by Gasteiger charge is 2.00. The summed E-state index contributed by atoms with van der Waals surface area (Å²) in [6, 6.07) is 0. The van der Waals surface area contributed by atoms with Gasteiger partial charge in [0.15, 0.2) is 0 Å². The number of hydrogen-bond donors (Lipinski definition) is 2. The van der Waals surface area contributed by atoms with Crippen LogP contribution in [-0.2, 0) is 4.79 Å². The molecule has 0 fully saturated rings. The largest absolute Gasteiger partial charge is 0.396 e. The molecule has 0 radical (unpaired) electrons. The summed E-state index contributed by atoms with van der Waals surface area (Å²) in [5.74, 6) is 0.873. The zero-order valence-corrected chi connectivity index (χ0v) is 10.1. The molecule has 0 rings (SSSR count). The van der Waals surface area contributed by atoms with Crippen LogP contribution in [0.25, 0.3) is 0 Å². The standard InChI is InChI=1S/C12H25NO2/c1-11(2)7-3-5-9-13-12(15)8-4-6-10-14/h11,14H,3-10H2,1-2H3,(H,13,15). The minimum absolute atomic E-state index is 0.119. The van der Waals surface area contributed by atoms with Gasteiger partial charge in [0.1, 0.15) is 0 Å². The number of aliphatic hydroxyl groups excluding tert-OH is 1. The van der Waals surface area contributed by atoms with Gasteiger partial charge >= 0.3 is 0 Å². The smallest absolute Gasteiger partial charge is 0.219 e. The quantitative estimate of drug-likeness (QED) is 0.579. The van der Waals surface area contributed by atoms with E-state index in [2.05, 4.69) is 19.2 Å². The number of aliphatic hydroxyl groups is 1. The summed E-state index contributed by atoms with van der Waals surface area (Å²) in [6.07, 6.45) is 5.55. The molecule has 2 N–H and O–H groups in total. The van der Waals surface area contributed by atoms with Gasteiger partial charge in [-0.2, -0.15) is 0 Å². The summed E-state index contributed by atoms with van der Waals surface area (Å²) in [4.78, 5) is 11.2. The van der Waals surface area contributed by atoms with Crippen molar-refractivity contribution in [2.45, 2.75) is 52.4 Å². The van der Waals surface area contributed by atoms with E-state index in [1.54, 1.807) is 0 Å². The average Bonchev–Trinajstić information content (AvgIpc) is 2.17. The molecule has 0 atom stereocenters. The molecule has 90 valence electrons. The van der Waals surface area contributed by atoms with E-state index in [1.165, 1.54) is 12.8 Å². The van der Waals surface area contributed by atoms with Gasteiger partial charge in [-0.25, -0.2) is 0 Å². The Balaban J connectivity index is 3.17. The highest BCUT2D eigenvalue weighted by atomic mass is 16.2. The fraction of sp³-hybridized carbons (Fsp3) is 0.917. The van der Waals surface area contributed by atoms with Gasteiger partial charge in [0, 0.05) is 19.6 Å². The van der Waals surface area contributed by atoms with Gasteiger partial charge in [-0.1, -0.05) is 26.7 Å². The summed E-state index contributed by atoms with van der Waals surface area (Å²) >= 11 is 0. The van der Waals surface area contributed by atoms with Crippen LogP contribution in [0.2, 0.25) is 0 Å². The molecule has 0 heterocycles. The number of carbonyl (C=O) groups excluding carboxylic acids is 1. The number of hydrogen-bond acceptors (Lipinski definition) is 2. The fourth-order valence-electron chi connectivity index (χ4n) is 1.39. The average molecular weight is 215 g/mol. The van der Waals surface area contributed by atoms with Crippen molar-refractivity contribution in [2.24, 2.45) is 5.92 Å². The Morgan fingerprint density at radius 2 is 1.93 bits per heavy atom. The van der Waals surface area contributed by atoms with Gasteiger partial charge in [-0.3, -0.25) is 4.79 Å². The second-order valence-electron chi connectivity index (χ2n) is 4.42. The first-order valence-corrected chi connectivity index (χ1v) is 6.04. The number of nitrogens with one attached hydrogen (secondary N) is 1. The summed E-state index contributed by atoms with van der Waals surface area (Å²) in [6.45, 7) is 5.41. The molecule has 15 heavy (non-hydrogen) atoms. The first-order chi connectivity index (χ1) is 7.16. The topological polar surface area (TPSA) is 49.3 Å². The third-order valence-corrected chi connectivity index (χ3v) is 2.34. The zero-order chi connectivity index (χ0) is 11.5. The van der Waals surface area contributed by atoms with Crippen LogP contribution in [-0.4, -0.2) is 24.2 Å². The molecule has 0 unspecified atom stereocenters. The SMILES string of the molecule is CC(C)CCCCNC(=O)CCCCO. The van der Waals surface area contributed by atoms with Crippen LogP contribution >= 0.6 is 0 Å². The summed E-state index contributed by atoms with van der Waals surface area (Å²) in [7, 11) is 0. The molecule has 0 aliphatic heterocycles. The maximum Gasteiger partial charge on any atom is 0.219 e. The lowest BCUT2D eigenvalue weighted by Gasteiger charge is -2.06. The Kier molecular flexibility index (Phi) is 9.59. The molecular formula is C12H25NO2. The predicted molar refractivity (Wildman–Crippen MR) is 62.6 cm³/mol. The van der Waals surface area contributed by atoms with E-state index in [4.69, 9.17) is 5.11 Å². The lowest BCUT2D eigenvalue weighted by atomic mass is 10.1. The van der Waals surface area contributed by atoms with E-state index < -0.39 is 0 Å². The van der Waals surface area contributed by atoms with Gasteiger partial charge in [-0.05, 0) is 25.2 Å². The van der Waals surface area contributed by atoms with E-state index in [9.17, 15) is 4.79 Å². The lowest BCUT2D eigenvalue weighted by molar-refractivity contribution is -0.121. The molecule has 0 saturated heterocycles. The van der Waals surface area contributed by atoms with Crippen molar-refractivity contribution in [2.75, 3.05) is 13.2 Å². The van der Waals surface area contributed by atoms with Crippen LogP contribution in [0.4, 0.5) is 0 Å². The van der Waals surface area contributed by atoms with Crippen LogP contribution in [0.3, 0.4) is 0 Å². The second kappa shape index (κ2) is 9.97. The van der Waals surface area contributed by atoms with Crippen molar-refractivity contribution in [1.82, 2.24) is 5.32 Å². The third-order valence-electron chi connectivity index (χ3n) is 2.34. The highest BCUT2D eigenvalue weighted by Crippen LogP contribution is 2.05. The van der Waals surface area contributed by atoms with Crippen LogP contribution in [0, 0.1) is 5.92 Å². The van der Waals surface area contributed by atoms with Crippen LogP contribution in [0.15, 0.2) is 0 Å². The molecule has 0 aromatic heterocycles. The van der Waals surface area contributed by atoms with E-state index in [0.29, 0.717) is 6.42 Å². The molecule has 0 aliphatic rings. The third kappa shape index (κ3) is 11.4. The summed E-state index contributed by atoms with van der Waals surface area (Å²) < 4.78 is 0. The normalized spacial score (nSPS) is 10.7. The van der Waals surface area contributed by atoms with Crippen molar-refractivity contribution >= 4 is 5.91 Å². The van der Waals surface area contributed by atoms with E-state index in [1.807, 2.05) is 0 Å². The van der Waals surface area contributed by atoms with Crippen LogP contribution in [0.5, 0.6) is 0 Å². The van der Waals surface area contributed by atoms with Crippen molar-refractivity contribution in [3.05, 3.63) is 0 Å². The van der Waals surface area contributed by atoms with Crippen molar-refractivity contribution in [3.63, 3.8) is 0 Å². The second-order valence-corrected chi connectivity index (χ2v) is 4.42. The van der Waals surface area contributed by atoms with E-state index in [0.717, 1.165) is 31.7 Å². The molecule has 3 heteroatoms. The predicted octanol–water partition coefficient (Wildman–Crippen LogP) is 2.09. The van der Waals surface area contributed by atoms with Gasteiger partial charge in [0.25, 0.3) is 0 Å². The van der Waals surface area contributed by atoms with Crippen molar-refractivity contribution < 1.29 is 9.90 Å². The van der Waals surface area contributed by atoms with Crippen LogP contribution < -0.4 is 5.32 Å². The summed E-state index contributed by atoms with van der Waals surface area (Å²) in [5.41, 5.74) is 0. The molecule has 0 aromatic rings. The number of unbranched alkanes of at least 4 members (excludes halogenated alkanes) is 2. The molecule has 0 aliphatic carbocycles. The van der Waals surface area contributed by atoms with Gasteiger partial charge < -0.3 is 10.4 Å². The molecule has 0 spiro atoms. The minimum Gasteiger partial charge on any atom is -0.396 e. The maximum atomic E-state index is 11.2. The molecule has 0 saturated carbocycles. The van der Waals surface area contributed by atoms with E-state index >= 15 is 0 Å². The van der Waals surface area contributed by atoms with Crippen LogP contribution in [0.1, 0.15) is 52.4 Å². The Bertz CT molecular complexity index is 158. The Morgan fingerprint density at radius 1 is 1.20 bits per heavy atom. The molecule has 1 amide bonds. The fourth-order valence-corrected chi connectivity index (χ4v) is 1.39. The molecule has 0 bridgehead atoms. The van der Waals surface area contributed by atoms with Gasteiger partial charge in [0.2, 0.25) is 5.91 Å². The number of amides is 1. The number of rotatable bonds is 9. The summed E-state index contributed by atoms with van der Waals surface area (Å²) in [5, 5.41) is 11.4. The zero-order valence-electron chi connectivity index (χ0n) is 10.1. The minimum atomic E-state index is 0.119. The number of carbonyl (C=O) groups is 1. The Hall–Kier alpha value is -0.570. The van der Waals surface area contributed by atoms with Crippen molar-refractivity contribution in [3.8, 4) is 0 Å². The van der Waals surface area contributed by atoms with E-state index in [-0.39, 0.29) is 12.5 Å². The Morgan fingerprint density at radius 3 is 2.53 bits per heavy atom. The Labute approximate surface area is 93.3 Å². The maximum absolute atomic E-state index is 11.2. The van der Waals surface area contributed by atoms with Crippen molar-refractivity contribution in [1.29, 1.82) is 0 Å². The van der Waals surface area contributed by atoms with Gasteiger partial charge in [0.05, 0.1) is 0 Å². The first kappa shape index (κ1) is 14.4. The molecule has 0 aromatic carbocycles. The highest BCUT2D eigenvalue weighted by molar-refractivity contribution is 5.75. The first-order valence-electron chi connectivity index (χ1n) is 6.04.